The van der Waals surface area contributed by atoms with E-state index in [4.69, 9.17) is 0 Å². The zero-order valence-corrected chi connectivity index (χ0v) is 10.2. The van der Waals surface area contributed by atoms with Crippen molar-refractivity contribution < 1.29 is 9.42 Å². The molecule has 17 heavy (non-hydrogen) atoms. The minimum absolute atomic E-state index is 0.0135. The first kappa shape index (κ1) is 12.0. The van der Waals surface area contributed by atoms with E-state index in [-0.39, 0.29) is 5.91 Å². The molecule has 1 aromatic heterocycles. The Balaban J connectivity index is 1.91. The number of carbonyl (C=O) groups excluding carboxylic acids is 1. The SMILES string of the molecule is Cc1nonc1CNC(=O)[C@@]1(C)CCCCN1. The third kappa shape index (κ3) is 2.63. The zero-order chi connectivity index (χ0) is 12.3. The van der Waals surface area contributed by atoms with Gasteiger partial charge in [0.1, 0.15) is 11.4 Å². The molecule has 1 atom stereocenters. The van der Waals surface area contributed by atoms with Crippen LogP contribution in [0.5, 0.6) is 0 Å². The van der Waals surface area contributed by atoms with Crippen LogP contribution in [0.1, 0.15) is 37.6 Å². The maximum absolute atomic E-state index is 12.1. The van der Waals surface area contributed by atoms with Crippen molar-refractivity contribution in [2.75, 3.05) is 6.54 Å². The smallest absolute Gasteiger partial charge is 0.240 e. The van der Waals surface area contributed by atoms with Gasteiger partial charge in [-0.2, -0.15) is 0 Å². The number of nitrogens with zero attached hydrogens (tertiary/aromatic N) is 2. The van der Waals surface area contributed by atoms with Crippen LogP contribution >= 0.6 is 0 Å². The Hall–Kier alpha value is -1.43. The fourth-order valence-electron chi connectivity index (χ4n) is 2.02. The van der Waals surface area contributed by atoms with Crippen molar-refractivity contribution in [2.45, 2.75) is 45.2 Å². The van der Waals surface area contributed by atoms with Crippen molar-refractivity contribution in [3.05, 3.63) is 11.4 Å². The summed E-state index contributed by atoms with van der Waals surface area (Å²) in [5.41, 5.74) is 0.938. The second-order valence-electron chi connectivity index (χ2n) is 4.69. The minimum Gasteiger partial charge on any atom is -0.349 e. The molecule has 1 saturated heterocycles. The first-order chi connectivity index (χ1) is 8.12. The van der Waals surface area contributed by atoms with Crippen LogP contribution < -0.4 is 10.6 Å². The number of aromatic nitrogens is 2. The summed E-state index contributed by atoms with van der Waals surface area (Å²) in [6, 6.07) is 0. The molecule has 0 bridgehead atoms. The topological polar surface area (TPSA) is 80.1 Å². The molecule has 2 N–H and O–H groups in total. The van der Waals surface area contributed by atoms with Gasteiger partial charge in [0.15, 0.2) is 0 Å². The fraction of sp³-hybridized carbons (Fsp3) is 0.727. The van der Waals surface area contributed by atoms with Gasteiger partial charge in [-0.3, -0.25) is 4.79 Å². The molecule has 2 heterocycles. The summed E-state index contributed by atoms with van der Waals surface area (Å²) in [5.74, 6) is 0.0135. The van der Waals surface area contributed by atoms with Gasteiger partial charge >= 0.3 is 0 Å². The van der Waals surface area contributed by atoms with Crippen LogP contribution in [0.15, 0.2) is 4.63 Å². The number of aryl methyl sites for hydroxylation is 1. The molecule has 1 aromatic rings. The van der Waals surface area contributed by atoms with E-state index in [2.05, 4.69) is 25.6 Å². The Bertz CT molecular complexity index is 396. The van der Waals surface area contributed by atoms with Crippen molar-refractivity contribution in [1.82, 2.24) is 20.9 Å². The summed E-state index contributed by atoms with van der Waals surface area (Å²) in [7, 11) is 0. The largest absolute Gasteiger partial charge is 0.349 e. The molecule has 6 heteroatoms. The molecule has 0 unspecified atom stereocenters. The highest BCUT2D eigenvalue weighted by molar-refractivity contribution is 5.85. The molecule has 1 aliphatic heterocycles. The van der Waals surface area contributed by atoms with Crippen LogP contribution in [-0.2, 0) is 11.3 Å². The lowest BCUT2D eigenvalue weighted by atomic mass is 9.90. The lowest BCUT2D eigenvalue weighted by Crippen LogP contribution is -2.56. The number of amides is 1. The van der Waals surface area contributed by atoms with Crippen LogP contribution in [0.2, 0.25) is 0 Å². The number of piperidine rings is 1. The summed E-state index contributed by atoms with van der Waals surface area (Å²) in [6.45, 7) is 5.01. The van der Waals surface area contributed by atoms with Gasteiger partial charge in [0.05, 0.1) is 12.1 Å². The molecule has 0 radical (unpaired) electrons. The molecule has 1 fully saturated rings. The van der Waals surface area contributed by atoms with Gasteiger partial charge in [-0.15, -0.1) is 0 Å². The standard InChI is InChI=1S/C11H18N4O2/c1-8-9(15-17-14-8)7-12-10(16)11(2)5-3-4-6-13-11/h13H,3-7H2,1-2H3,(H,12,16)/t11-/m1/s1. The molecule has 0 aliphatic carbocycles. The van der Waals surface area contributed by atoms with Crippen LogP contribution in [-0.4, -0.2) is 28.3 Å². The first-order valence-corrected chi connectivity index (χ1v) is 5.93. The van der Waals surface area contributed by atoms with Gasteiger partial charge in [0, 0.05) is 0 Å². The highest BCUT2D eigenvalue weighted by Crippen LogP contribution is 2.18. The van der Waals surface area contributed by atoms with Gasteiger partial charge in [-0.05, 0) is 39.7 Å². The molecule has 1 amide bonds. The van der Waals surface area contributed by atoms with Gasteiger partial charge in [0.25, 0.3) is 0 Å². The van der Waals surface area contributed by atoms with E-state index in [1.807, 2.05) is 6.92 Å². The number of hydrogen-bond acceptors (Lipinski definition) is 5. The monoisotopic (exact) mass is 238 g/mol. The molecule has 0 spiro atoms. The van der Waals surface area contributed by atoms with Crippen LogP contribution in [0.3, 0.4) is 0 Å². The van der Waals surface area contributed by atoms with E-state index in [0.29, 0.717) is 17.9 Å². The summed E-state index contributed by atoms with van der Waals surface area (Å²) in [4.78, 5) is 12.1. The normalized spacial score (nSPS) is 24.6. The minimum atomic E-state index is -0.455. The predicted molar refractivity (Wildman–Crippen MR) is 61.1 cm³/mol. The van der Waals surface area contributed by atoms with Crippen LogP contribution in [0, 0.1) is 6.92 Å². The van der Waals surface area contributed by atoms with Crippen LogP contribution in [0.25, 0.3) is 0 Å². The van der Waals surface area contributed by atoms with E-state index in [1.54, 1.807) is 6.92 Å². The lowest BCUT2D eigenvalue weighted by Gasteiger charge is -2.33. The molecular weight excluding hydrogens is 220 g/mol. The van der Waals surface area contributed by atoms with Gasteiger partial charge < -0.3 is 10.6 Å². The zero-order valence-electron chi connectivity index (χ0n) is 10.2. The summed E-state index contributed by atoms with van der Waals surface area (Å²) in [5, 5.41) is 13.5. The Labute approximate surface area is 100 Å². The first-order valence-electron chi connectivity index (χ1n) is 5.93. The van der Waals surface area contributed by atoms with E-state index in [1.165, 1.54) is 0 Å². The Morgan fingerprint density at radius 3 is 2.94 bits per heavy atom. The Kier molecular flexibility index (Phi) is 3.42. The van der Waals surface area contributed by atoms with Gasteiger partial charge in [-0.25, -0.2) is 4.63 Å². The quantitative estimate of drug-likeness (QED) is 0.802. The highest BCUT2D eigenvalue weighted by atomic mass is 16.6. The summed E-state index contributed by atoms with van der Waals surface area (Å²) >= 11 is 0. The summed E-state index contributed by atoms with van der Waals surface area (Å²) < 4.78 is 4.58. The number of carbonyl (C=O) groups is 1. The second-order valence-corrected chi connectivity index (χ2v) is 4.69. The van der Waals surface area contributed by atoms with E-state index in [9.17, 15) is 4.79 Å². The van der Waals surface area contributed by atoms with E-state index < -0.39 is 5.54 Å². The van der Waals surface area contributed by atoms with Crippen molar-refractivity contribution in [3.63, 3.8) is 0 Å². The molecule has 94 valence electrons. The Morgan fingerprint density at radius 2 is 2.35 bits per heavy atom. The Morgan fingerprint density at radius 1 is 1.53 bits per heavy atom. The van der Waals surface area contributed by atoms with Crippen molar-refractivity contribution >= 4 is 5.91 Å². The second kappa shape index (κ2) is 4.83. The maximum Gasteiger partial charge on any atom is 0.240 e. The van der Waals surface area contributed by atoms with E-state index in [0.717, 1.165) is 25.8 Å². The number of nitrogens with one attached hydrogen (secondary N) is 2. The van der Waals surface area contributed by atoms with Crippen molar-refractivity contribution in [2.24, 2.45) is 0 Å². The van der Waals surface area contributed by atoms with Gasteiger partial charge in [0.2, 0.25) is 5.91 Å². The summed E-state index contributed by atoms with van der Waals surface area (Å²) in [6.07, 6.45) is 3.09. The number of rotatable bonds is 3. The maximum atomic E-state index is 12.1. The highest BCUT2D eigenvalue weighted by Gasteiger charge is 2.34. The molecule has 1 aliphatic rings. The molecule has 6 nitrogen and oxygen atoms in total. The fourth-order valence-corrected chi connectivity index (χ4v) is 2.02. The molecule has 0 saturated carbocycles. The van der Waals surface area contributed by atoms with E-state index >= 15 is 0 Å². The lowest BCUT2D eigenvalue weighted by molar-refractivity contribution is -0.128. The predicted octanol–water partition coefficient (Wildman–Crippen LogP) is 0.526. The van der Waals surface area contributed by atoms with Crippen LogP contribution in [0.4, 0.5) is 0 Å². The number of hydrogen-bond donors (Lipinski definition) is 2. The third-order valence-corrected chi connectivity index (χ3v) is 3.28. The molecule has 2 rings (SSSR count). The average Bonchev–Trinajstić information content (AvgIpc) is 2.73. The van der Waals surface area contributed by atoms with Gasteiger partial charge in [-0.1, -0.05) is 10.3 Å². The third-order valence-electron chi connectivity index (χ3n) is 3.28. The van der Waals surface area contributed by atoms with Crippen molar-refractivity contribution in [1.29, 1.82) is 0 Å². The molecule has 0 aromatic carbocycles. The van der Waals surface area contributed by atoms with Crippen molar-refractivity contribution in [3.8, 4) is 0 Å². The average molecular weight is 238 g/mol. The molecular formula is C11H18N4O2.